The summed E-state index contributed by atoms with van der Waals surface area (Å²) >= 11 is 5.67. The molecule has 5 nitrogen and oxygen atoms in total. The van der Waals surface area contributed by atoms with Crippen LogP contribution < -0.4 is 0 Å². The number of sulfonamides is 1. The minimum atomic E-state index is -3.74. The van der Waals surface area contributed by atoms with Crippen molar-refractivity contribution in [3.8, 4) is 0 Å². The summed E-state index contributed by atoms with van der Waals surface area (Å²) in [5.41, 5.74) is 0.959. The topological polar surface area (TPSA) is 66.1 Å². The monoisotopic (exact) mass is 317 g/mol. The van der Waals surface area contributed by atoms with E-state index in [2.05, 4.69) is 10.2 Å². The third kappa shape index (κ3) is 3.00. The first-order valence-electron chi connectivity index (χ1n) is 5.74. The molecule has 1 N–H and O–H groups in total. The lowest BCUT2D eigenvalue weighted by molar-refractivity contribution is 0.462. The second-order valence-corrected chi connectivity index (χ2v) is 6.50. The number of aromatic amines is 1. The lowest BCUT2D eigenvalue weighted by Gasteiger charge is -2.16. The minimum absolute atomic E-state index is 0.0357. The quantitative estimate of drug-likeness (QED) is 0.859. The Kier molecular flexibility index (Phi) is 4.42. The molecule has 1 aromatic heterocycles. The van der Waals surface area contributed by atoms with Crippen LogP contribution in [0.4, 0.5) is 4.39 Å². The van der Waals surface area contributed by atoms with Crippen LogP contribution in [0, 0.1) is 5.82 Å². The molecule has 0 amide bonds. The van der Waals surface area contributed by atoms with Gasteiger partial charge in [0.25, 0.3) is 10.0 Å². The number of aromatic nitrogens is 2. The maximum Gasteiger partial charge on any atom is 0.260 e. The minimum Gasteiger partial charge on any atom is -0.266 e. The maximum atomic E-state index is 13.1. The van der Waals surface area contributed by atoms with Crippen LogP contribution in [0.5, 0.6) is 0 Å². The van der Waals surface area contributed by atoms with Crippen molar-refractivity contribution in [1.82, 2.24) is 14.5 Å². The average molecular weight is 318 g/mol. The van der Waals surface area contributed by atoms with E-state index in [-0.39, 0.29) is 17.5 Å². The first-order valence-corrected chi connectivity index (χ1v) is 7.71. The molecular weight excluding hydrogens is 305 g/mol. The Morgan fingerprint density at radius 3 is 2.85 bits per heavy atom. The van der Waals surface area contributed by atoms with Crippen LogP contribution in [0.3, 0.4) is 0 Å². The predicted molar refractivity (Wildman–Crippen MR) is 73.2 cm³/mol. The van der Waals surface area contributed by atoms with Crippen molar-refractivity contribution in [2.75, 3.05) is 7.05 Å². The van der Waals surface area contributed by atoms with Crippen molar-refractivity contribution in [3.63, 3.8) is 0 Å². The number of nitrogens with zero attached hydrogens (tertiary/aromatic N) is 2. The van der Waals surface area contributed by atoms with Crippen LogP contribution in [0.15, 0.2) is 35.5 Å². The predicted octanol–water partition coefficient (Wildman–Crippen LogP) is 2.11. The van der Waals surface area contributed by atoms with Crippen molar-refractivity contribution in [3.05, 3.63) is 47.4 Å². The second kappa shape index (κ2) is 5.90. The summed E-state index contributed by atoms with van der Waals surface area (Å²) in [5, 5.41) is 6.09. The fourth-order valence-corrected chi connectivity index (χ4v) is 3.29. The highest BCUT2D eigenvalue weighted by Gasteiger charge is 2.25. The Bertz CT molecular complexity index is 702. The molecule has 0 aliphatic heterocycles. The molecule has 0 atom stereocenters. The molecule has 108 valence electrons. The van der Waals surface area contributed by atoms with Gasteiger partial charge in [-0.3, -0.25) is 5.10 Å². The fourth-order valence-electron chi connectivity index (χ4n) is 1.75. The largest absolute Gasteiger partial charge is 0.266 e. The van der Waals surface area contributed by atoms with E-state index in [1.54, 1.807) is 6.07 Å². The van der Waals surface area contributed by atoms with Gasteiger partial charge in [-0.1, -0.05) is 12.1 Å². The van der Waals surface area contributed by atoms with E-state index >= 15 is 0 Å². The van der Waals surface area contributed by atoms with Crippen LogP contribution in [-0.2, 0) is 22.4 Å². The molecule has 0 fully saturated rings. The Hall–Kier alpha value is -1.44. The summed E-state index contributed by atoms with van der Waals surface area (Å²) < 4.78 is 39.0. The number of halogens is 2. The molecular formula is C12H13ClFN3O2S. The van der Waals surface area contributed by atoms with Gasteiger partial charge in [0.05, 0.1) is 12.1 Å². The van der Waals surface area contributed by atoms with Gasteiger partial charge < -0.3 is 0 Å². The molecule has 2 aromatic rings. The molecule has 0 saturated carbocycles. The Morgan fingerprint density at radius 1 is 1.45 bits per heavy atom. The molecule has 0 aliphatic carbocycles. The van der Waals surface area contributed by atoms with E-state index in [1.807, 2.05) is 0 Å². The molecule has 0 radical (unpaired) electrons. The van der Waals surface area contributed by atoms with Crippen LogP contribution in [-0.4, -0.2) is 30.0 Å². The van der Waals surface area contributed by atoms with Gasteiger partial charge in [-0.15, -0.1) is 11.6 Å². The number of H-pyrrole nitrogens is 1. The fraction of sp³-hybridized carbons (Fsp3) is 0.250. The van der Waals surface area contributed by atoms with E-state index in [0.29, 0.717) is 11.1 Å². The number of benzene rings is 1. The van der Waals surface area contributed by atoms with E-state index in [4.69, 9.17) is 11.6 Å². The van der Waals surface area contributed by atoms with Gasteiger partial charge in [0.15, 0.2) is 5.03 Å². The number of hydrogen-bond acceptors (Lipinski definition) is 3. The SMILES string of the molecule is CN(Cc1cccc(F)c1)S(=O)(=O)c1[nH]ncc1CCl. The molecule has 0 aliphatic rings. The first-order chi connectivity index (χ1) is 9.45. The average Bonchev–Trinajstić information content (AvgIpc) is 2.87. The highest BCUT2D eigenvalue weighted by molar-refractivity contribution is 7.89. The van der Waals surface area contributed by atoms with Gasteiger partial charge in [0.1, 0.15) is 5.82 Å². The molecule has 8 heteroatoms. The standard InChI is InChI=1S/C12H13ClFN3O2S/c1-17(8-9-3-2-4-11(14)5-9)20(18,19)12-10(6-13)7-15-16-12/h2-5,7H,6,8H2,1H3,(H,15,16). The highest BCUT2D eigenvalue weighted by Crippen LogP contribution is 2.19. The Balaban J connectivity index is 2.26. The van der Waals surface area contributed by atoms with Crippen molar-refractivity contribution >= 4 is 21.6 Å². The molecule has 0 saturated heterocycles. The summed E-state index contributed by atoms with van der Waals surface area (Å²) in [7, 11) is -2.33. The normalized spacial score (nSPS) is 12.0. The molecule has 0 bridgehead atoms. The molecule has 20 heavy (non-hydrogen) atoms. The first kappa shape index (κ1) is 15.0. The van der Waals surface area contributed by atoms with E-state index in [1.165, 1.54) is 31.4 Å². The van der Waals surface area contributed by atoms with Gasteiger partial charge in [0.2, 0.25) is 0 Å². The van der Waals surface area contributed by atoms with E-state index in [9.17, 15) is 12.8 Å². The summed E-state index contributed by atoms with van der Waals surface area (Å²) in [6, 6.07) is 5.79. The van der Waals surface area contributed by atoms with E-state index < -0.39 is 15.8 Å². The van der Waals surface area contributed by atoms with Gasteiger partial charge in [-0.25, -0.2) is 12.8 Å². The lowest BCUT2D eigenvalue weighted by Crippen LogP contribution is -2.27. The van der Waals surface area contributed by atoms with Crippen LogP contribution in [0.25, 0.3) is 0 Å². The summed E-state index contributed by atoms with van der Waals surface area (Å²) in [4.78, 5) is 0. The van der Waals surface area contributed by atoms with Crippen molar-refractivity contribution in [2.24, 2.45) is 0 Å². The van der Waals surface area contributed by atoms with E-state index in [0.717, 1.165) is 4.31 Å². The smallest absolute Gasteiger partial charge is 0.260 e. The third-order valence-electron chi connectivity index (χ3n) is 2.78. The van der Waals surface area contributed by atoms with Crippen molar-refractivity contribution in [2.45, 2.75) is 17.5 Å². The highest BCUT2D eigenvalue weighted by atomic mass is 35.5. The number of hydrogen-bond donors (Lipinski definition) is 1. The number of alkyl halides is 1. The lowest BCUT2D eigenvalue weighted by atomic mass is 10.2. The molecule has 0 unspecified atom stereocenters. The van der Waals surface area contributed by atoms with Gasteiger partial charge in [0, 0.05) is 19.2 Å². The molecule has 0 spiro atoms. The zero-order chi connectivity index (χ0) is 14.8. The zero-order valence-electron chi connectivity index (χ0n) is 10.7. The van der Waals surface area contributed by atoms with Crippen LogP contribution in [0.1, 0.15) is 11.1 Å². The number of nitrogens with one attached hydrogen (secondary N) is 1. The molecule has 1 aromatic carbocycles. The molecule has 1 heterocycles. The van der Waals surface area contributed by atoms with Gasteiger partial charge in [-0.2, -0.15) is 9.40 Å². The zero-order valence-corrected chi connectivity index (χ0v) is 12.2. The summed E-state index contributed by atoms with van der Waals surface area (Å²) in [6.45, 7) is 0.0564. The second-order valence-electron chi connectivity index (χ2n) is 4.25. The van der Waals surface area contributed by atoms with Crippen LogP contribution >= 0.6 is 11.6 Å². The van der Waals surface area contributed by atoms with Crippen molar-refractivity contribution in [1.29, 1.82) is 0 Å². The maximum absolute atomic E-state index is 13.1. The Morgan fingerprint density at radius 2 is 2.20 bits per heavy atom. The molecule has 2 rings (SSSR count). The Labute approximate surface area is 121 Å². The number of rotatable bonds is 5. The third-order valence-corrected chi connectivity index (χ3v) is 4.89. The van der Waals surface area contributed by atoms with Crippen molar-refractivity contribution < 1.29 is 12.8 Å². The summed E-state index contributed by atoms with van der Waals surface area (Å²) in [6.07, 6.45) is 1.37. The van der Waals surface area contributed by atoms with Gasteiger partial charge in [-0.05, 0) is 17.7 Å². The van der Waals surface area contributed by atoms with Crippen LogP contribution in [0.2, 0.25) is 0 Å². The van der Waals surface area contributed by atoms with Gasteiger partial charge >= 0.3 is 0 Å². The summed E-state index contributed by atoms with van der Waals surface area (Å²) in [5.74, 6) is -0.366.